The van der Waals surface area contributed by atoms with Crippen LogP contribution in [0, 0.1) is 18.8 Å². The minimum atomic E-state index is 0.118. The lowest BCUT2D eigenvalue weighted by atomic mass is 9.85. The molecule has 2 heterocycles. The van der Waals surface area contributed by atoms with Crippen LogP contribution in [0.4, 0.5) is 5.69 Å². The van der Waals surface area contributed by atoms with Gasteiger partial charge in [0.05, 0.1) is 21.8 Å². The molecule has 3 aliphatic rings. The van der Waals surface area contributed by atoms with Gasteiger partial charge in [-0.15, -0.1) is 0 Å². The summed E-state index contributed by atoms with van der Waals surface area (Å²) >= 11 is 6.30. The topological polar surface area (TPSA) is 65.5 Å². The monoisotopic (exact) mass is 517 g/mol. The van der Waals surface area contributed by atoms with Crippen molar-refractivity contribution in [3.05, 3.63) is 52.7 Å². The number of Topliss-reactive ketones (excluding diaryl/α,β-unsaturated/α-hetero) is 1. The van der Waals surface area contributed by atoms with Crippen molar-refractivity contribution in [2.75, 3.05) is 25.0 Å². The van der Waals surface area contributed by atoms with Gasteiger partial charge in [-0.3, -0.25) is 9.78 Å². The fourth-order valence-corrected chi connectivity index (χ4v) is 6.47. The molecule has 37 heavy (non-hydrogen) atoms. The average molecular weight is 518 g/mol. The normalized spacial score (nSPS) is 22.4. The molecule has 0 unspecified atom stereocenters. The third-order valence-corrected chi connectivity index (χ3v) is 8.87. The lowest BCUT2D eigenvalue weighted by Crippen LogP contribution is -2.33. The Kier molecular flexibility index (Phi) is 6.85. The van der Waals surface area contributed by atoms with Crippen LogP contribution in [0.25, 0.3) is 22.0 Å². The van der Waals surface area contributed by atoms with Gasteiger partial charge in [0.2, 0.25) is 0 Å². The van der Waals surface area contributed by atoms with Crippen LogP contribution in [0.2, 0.25) is 5.02 Å². The first-order valence-corrected chi connectivity index (χ1v) is 14.3. The predicted octanol–water partition coefficient (Wildman–Crippen LogP) is 7.23. The van der Waals surface area contributed by atoms with E-state index in [1.807, 2.05) is 25.1 Å². The lowest BCUT2D eigenvalue weighted by Gasteiger charge is -2.32. The molecule has 0 radical (unpaired) electrons. The van der Waals surface area contributed by atoms with Crippen molar-refractivity contribution in [3.63, 3.8) is 0 Å². The highest BCUT2D eigenvalue weighted by Gasteiger charge is 2.33. The molecular formula is C31H36ClN3O2. The number of halogens is 1. The van der Waals surface area contributed by atoms with E-state index in [0.717, 1.165) is 70.4 Å². The number of aryl methyl sites for hydroxylation is 1. The Hall–Kier alpha value is -2.63. The zero-order valence-electron chi connectivity index (χ0n) is 21.6. The molecule has 194 valence electrons. The van der Waals surface area contributed by atoms with Gasteiger partial charge in [-0.05, 0) is 118 Å². The SMILES string of the molecule is Cc1cc(-c2ccc3ncc(C(=O)C4CC4)c(NC4CCC(CN5CCCC5)CC4)c3c2)cc(Cl)c1O. The molecule has 3 aromatic rings. The molecule has 0 bridgehead atoms. The highest BCUT2D eigenvalue weighted by Crippen LogP contribution is 2.40. The van der Waals surface area contributed by atoms with E-state index in [1.165, 1.54) is 45.3 Å². The molecule has 0 atom stereocenters. The van der Waals surface area contributed by atoms with Gasteiger partial charge < -0.3 is 15.3 Å². The molecule has 2 aromatic carbocycles. The summed E-state index contributed by atoms with van der Waals surface area (Å²) in [6, 6.07) is 10.3. The number of ketones is 1. The Morgan fingerprint density at radius 1 is 1.05 bits per heavy atom. The molecule has 1 saturated heterocycles. The first-order chi connectivity index (χ1) is 18.0. The van der Waals surface area contributed by atoms with Gasteiger partial charge in [-0.2, -0.15) is 0 Å². The second-order valence-electron chi connectivity index (χ2n) is 11.4. The number of anilines is 1. The van der Waals surface area contributed by atoms with Gasteiger partial charge in [0, 0.05) is 30.1 Å². The van der Waals surface area contributed by atoms with Gasteiger partial charge in [0.1, 0.15) is 5.75 Å². The van der Waals surface area contributed by atoms with Crippen molar-refractivity contribution in [1.29, 1.82) is 0 Å². The number of rotatable bonds is 7. The second kappa shape index (κ2) is 10.3. The standard InChI is InChI=1S/C31H36ClN3O2/c1-19-14-23(16-27(32)30(19)36)22-8-11-28-25(15-22)29(26(17-33-28)31(37)21-6-7-21)34-24-9-4-20(5-10-24)18-35-12-2-3-13-35/h8,11,14-17,20-21,24,36H,2-7,9-10,12-13,18H2,1H3,(H,33,34). The molecule has 0 amide bonds. The predicted molar refractivity (Wildman–Crippen MR) is 151 cm³/mol. The van der Waals surface area contributed by atoms with Crippen LogP contribution >= 0.6 is 11.6 Å². The number of nitrogens with one attached hydrogen (secondary N) is 1. The Morgan fingerprint density at radius 3 is 2.51 bits per heavy atom. The van der Waals surface area contributed by atoms with Gasteiger partial charge >= 0.3 is 0 Å². The largest absolute Gasteiger partial charge is 0.506 e. The van der Waals surface area contributed by atoms with Gasteiger partial charge in [-0.25, -0.2) is 0 Å². The van der Waals surface area contributed by atoms with E-state index in [9.17, 15) is 9.90 Å². The van der Waals surface area contributed by atoms with Crippen LogP contribution in [0.5, 0.6) is 5.75 Å². The Balaban J connectivity index is 1.31. The van der Waals surface area contributed by atoms with Gasteiger partial charge in [-0.1, -0.05) is 17.7 Å². The number of hydrogen-bond donors (Lipinski definition) is 2. The van der Waals surface area contributed by atoms with Crippen molar-refractivity contribution in [1.82, 2.24) is 9.88 Å². The number of hydrogen-bond acceptors (Lipinski definition) is 5. The minimum Gasteiger partial charge on any atom is -0.506 e. The van der Waals surface area contributed by atoms with E-state index >= 15 is 0 Å². The summed E-state index contributed by atoms with van der Waals surface area (Å²) in [6.07, 6.45) is 11.2. The summed E-state index contributed by atoms with van der Waals surface area (Å²) in [4.78, 5) is 20.6. The van der Waals surface area contributed by atoms with Crippen molar-refractivity contribution >= 4 is 34.0 Å². The molecule has 6 rings (SSSR count). The number of carbonyl (C=O) groups is 1. The molecular weight excluding hydrogens is 482 g/mol. The number of phenols is 1. The third-order valence-electron chi connectivity index (χ3n) is 8.58. The number of nitrogens with zero attached hydrogens (tertiary/aromatic N) is 2. The fourth-order valence-electron chi connectivity index (χ4n) is 6.21. The molecule has 2 aliphatic carbocycles. The molecule has 2 saturated carbocycles. The number of aromatic hydroxyl groups is 1. The van der Waals surface area contributed by atoms with E-state index in [2.05, 4.69) is 21.3 Å². The van der Waals surface area contributed by atoms with Gasteiger partial charge in [0.25, 0.3) is 0 Å². The maximum Gasteiger partial charge on any atom is 0.169 e. The van der Waals surface area contributed by atoms with Crippen LogP contribution in [-0.2, 0) is 0 Å². The number of pyridine rings is 1. The molecule has 3 fully saturated rings. The number of carbonyl (C=O) groups excluding carboxylic acids is 1. The lowest BCUT2D eigenvalue weighted by molar-refractivity contribution is 0.0968. The summed E-state index contributed by atoms with van der Waals surface area (Å²) in [5.74, 6) is 1.26. The summed E-state index contributed by atoms with van der Waals surface area (Å²) in [6.45, 7) is 5.63. The van der Waals surface area contributed by atoms with E-state index in [-0.39, 0.29) is 17.5 Å². The van der Waals surface area contributed by atoms with Crippen LogP contribution in [0.15, 0.2) is 36.5 Å². The molecule has 5 nitrogen and oxygen atoms in total. The van der Waals surface area contributed by atoms with Crippen molar-refractivity contribution in [3.8, 4) is 16.9 Å². The highest BCUT2D eigenvalue weighted by molar-refractivity contribution is 6.32. The van der Waals surface area contributed by atoms with E-state index in [0.29, 0.717) is 11.1 Å². The van der Waals surface area contributed by atoms with Crippen LogP contribution < -0.4 is 5.32 Å². The third kappa shape index (κ3) is 5.21. The minimum absolute atomic E-state index is 0.118. The molecule has 6 heteroatoms. The van der Waals surface area contributed by atoms with E-state index in [1.54, 1.807) is 12.3 Å². The summed E-state index contributed by atoms with van der Waals surface area (Å²) in [5.41, 5.74) is 5.21. The molecule has 0 spiro atoms. The van der Waals surface area contributed by atoms with Crippen molar-refractivity contribution in [2.45, 2.75) is 64.3 Å². The number of fused-ring (bicyclic) bond motifs is 1. The highest BCUT2D eigenvalue weighted by atomic mass is 35.5. The zero-order valence-corrected chi connectivity index (χ0v) is 22.4. The van der Waals surface area contributed by atoms with Crippen LogP contribution in [0.3, 0.4) is 0 Å². The first kappa shape index (κ1) is 24.7. The number of phenolic OH excluding ortho intramolecular Hbond substituents is 1. The Morgan fingerprint density at radius 2 is 1.81 bits per heavy atom. The summed E-state index contributed by atoms with van der Waals surface area (Å²) in [5, 5.41) is 15.3. The summed E-state index contributed by atoms with van der Waals surface area (Å²) in [7, 11) is 0. The average Bonchev–Trinajstić information content (AvgIpc) is 3.64. The fraction of sp³-hybridized carbons (Fsp3) is 0.484. The van der Waals surface area contributed by atoms with E-state index in [4.69, 9.17) is 11.6 Å². The maximum absolute atomic E-state index is 13.3. The smallest absolute Gasteiger partial charge is 0.169 e. The quantitative estimate of drug-likeness (QED) is 0.324. The molecule has 2 N–H and O–H groups in total. The summed E-state index contributed by atoms with van der Waals surface area (Å²) < 4.78 is 0. The number of aromatic nitrogens is 1. The Bertz CT molecular complexity index is 1300. The zero-order chi connectivity index (χ0) is 25.5. The van der Waals surface area contributed by atoms with Crippen LogP contribution in [0.1, 0.15) is 67.3 Å². The molecule has 1 aliphatic heterocycles. The van der Waals surface area contributed by atoms with Crippen LogP contribution in [-0.4, -0.2) is 46.4 Å². The number of benzene rings is 2. The number of likely N-dealkylation sites (tertiary alicyclic amines) is 1. The van der Waals surface area contributed by atoms with Crippen molar-refractivity contribution < 1.29 is 9.90 Å². The molecule has 1 aromatic heterocycles. The van der Waals surface area contributed by atoms with E-state index < -0.39 is 0 Å². The second-order valence-corrected chi connectivity index (χ2v) is 11.8. The van der Waals surface area contributed by atoms with Crippen molar-refractivity contribution in [2.24, 2.45) is 11.8 Å². The maximum atomic E-state index is 13.3. The Labute approximate surface area is 224 Å². The first-order valence-electron chi connectivity index (χ1n) is 13.9. The van der Waals surface area contributed by atoms with Gasteiger partial charge in [0.15, 0.2) is 5.78 Å².